The third-order valence-electron chi connectivity index (χ3n) is 4.86. The number of hydrogen-bond acceptors (Lipinski definition) is 2. The van der Waals surface area contributed by atoms with Crippen molar-refractivity contribution in [2.24, 2.45) is 16.6 Å². The highest BCUT2D eigenvalue weighted by molar-refractivity contribution is 5.03. The molecule has 0 radical (unpaired) electrons. The minimum atomic E-state index is 0.207. The zero-order valence-electron chi connectivity index (χ0n) is 14.2. The molecule has 114 valence electrons. The normalized spacial score (nSPS) is 24.6. The number of likely N-dealkylation sites (N-methyl/N-ethyl adjacent to an activating group) is 1. The predicted octanol–water partition coefficient (Wildman–Crippen LogP) is 4.04. The van der Waals surface area contributed by atoms with E-state index in [0.29, 0.717) is 10.8 Å². The maximum absolute atomic E-state index is 6.24. The van der Waals surface area contributed by atoms with Crippen LogP contribution in [0.1, 0.15) is 73.1 Å². The maximum Gasteiger partial charge on any atom is 0.0338 e. The summed E-state index contributed by atoms with van der Waals surface area (Å²) in [5.41, 5.74) is 7.26. The van der Waals surface area contributed by atoms with Crippen molar-refractivity contribution < 1.29 is 0 Å². The molecule has 1 saturated carbocycles. The number of unbranched alkanes of at least 4 members (excludes halogenated alkanes) is 2. The van der Waals surface area contributed by atoms with E-state index >= 15 is 0 Å². The van der Waals surface area contributed by atoms with Crippen molar-refractivity contribution in [3.8, 4) is 0 Å². The molecule has 2 N–H and O–H groups in total. The van der Waals surface area contributed by atoms with Crippen LogP contribution in [0.2, 0.25) is 0 Å². The van der Waals surface area contributed by atoms with Gasteiger partial charge in [-0.05, 0) is 50.1 Å². The Morgan fingerprint density at radius 2 is 1.47 bits per heavy atom. The second kappa shape index (κ2) is 6.13. The summed E-state index contributed by atoms with van der Waals surface area (Å²) in [6.45, 7) is 13.9. The first-order chi connectivity index (χ1) is 8.66. The van der Waals surface area contributed by atoms with E-state index in [-0.39, 0.29) is 5.54 Å². The van der Waals surface area contributed by atoms with Crippen molar-refractivity contribution in [3.05, 3.63) is 0 Å². The average molecular weight is 268 g/mol. The summed E-state index contributed by atoms with van der Waals surface area (Å²) in [6.07, 6.45) is 7.71. The van der Waals surface area contributed by atoms with Crippen molar-refractivity contribution >= 4 is 0 Å². The fourth-order valence-electron chi connectivity index (χ4n) is 4.67. The summed E-state index contributed by atoms with van der Waals surface area (Å²) >= 11 is 0. The largest absolute Gasteiger partial charge is 0.329 e. The lowest BCUT2D eigenvalue weighted by molar-refractivity contribution is -0.0325. The molecule has 0 aromatic rings. The van der Waals surface area contributed by atoms with E-state index in [1.807, 2.05) is 0 Å². The van der Waals surface area contributed by atoms with Gasteiger partial charge >= 0.3 is 0 Å². The van der Waals surface area contributed by atoms with Crippen LogP contribution in [0.25, 0.3) is 0 Å². The average Bonchev–Trinajstić information content (AvgIpc) is 2.24. The van der Waals surface area contributed by atoms with Crippen LogP contribution in [0.3, 0.4) is 0 Å². The summed E-state index contributed by atoms with van der Waals surface area (Å²) in [5, 5.41) is 0. The zero-order valence-corrected chi connectivity index (χ0v) is 14.2. The number of nitrogens with zero attached hydrogens (tertiary/aromatic N) is 1. The molecule has 1 aliphatic carbocycles. The van der Waals surface area contributed by atoms with Crippen LogP contribution < -0.4 is 5.73 Å². The lowest BCUT2D eigenvalue weighted by Crippen LogP contribution is -2.59. The Morgan fingerprint density at radius 3 is 1.89 bits per heavy atom. The first-order valence-corrected chi connectivity index (χ1v) is 8.08. The Hall–Kier alpha value is -0.0800. The van der Waals surface area contributed by atoms with Crippen molar-refractivity contribution in [2.45, 2.75) is 78.7 Å². The molecule has 1 aliphatic rings. The first-order valence-electron chi connectivity index (χ1n) is 8.08. The van der Waals surface area contributed by atoms with Crippen LogP contribution >= 0.6 is 0 Å². The zero-order chi connectivity index (χ0) is 14.7. The highest BCUT2D eigenvalue weighted by Gasteiger charge is 2.48. The Labute approximate surface area is 121 Å². The van der Waals surface area contributed by atoms with E-state index in [0.717, 1.165) is 6.54 Å². The highest BCUT2D eigenvalue weighted by Crippen LogP contribution is 2.51. The van der Waals surface area contributed by atoms with Gasteiger partial charge in [-0.2, -0.15) is 0 Å². The molecule has 1 fully saturated rings. The van der Waals surface area contributed by atoms with E-state index in [9.17, 15) is 0 Å². The third kappa shape index (κ3) is 4.46. The molecule has 0 aliphatic heterocycles. The molecule has 0 saturated heterocycles. The lowest BCUT2D eigenvalue weighted by atomic mass is 9.58. The van der Waals surface area contributed by atoms with Crippen LogP contribution in [0, 0.1) is 10.8 Å². The molecule has 0 atom stereocenters. The van der Waals surface area contributed by atoms with Gasteiger partial charge in [0.05, 0.1) is 0 Å². The van der Waals surface area contributed by atoms with Gasteiger partial charge < -0.3 is 5.73 Å². The smallest absolute Gasteiger partial charge is 0.0338 e. The molecule has 2 nitrogen and oxygen atoms in total. The van der Waals surface area contributed by atoms with Crippen molar-refractivity contribution in [3.63, 3.8) is 0 Å². The molecule has 19 heavy (non-hydrogen) atoms. The lowest BCUT2D eigenvalue weighted by Gasteiger charge is -2.55. The third-order valence-corrected chi connectivity index (χ3v) is 4.86. The molecule has 0 aromatic heterocycles. The monoisotopic (exact) mass is 268 g/mol. The molecule has 2 heteroatoms. The van der Waals surface area contributed by atoms with Gasteiger partial charge in [0.25, 0.3) is 0 Å². The highest BCUT2D eigenvalue weighted by atomic mass is 15.2. The van der Waals surface area contributed by atoms with E-state index < -0.39 is 0 Å². The van der Waals surface area contributed by atoms with Crippen LogP contribution in [0.5, 0.6) is 0 Å². The standard InChI is InChI=1S/C17H36N2/c1-7-8-9-10-19(6)17(14-18)12-15(2,3)11-16(4,5)13-17/h7-14,18H2,1-6H3. The SMILES string of the molecule is CCCCCN(C)C1(CN)CC(C)(C)CC(C)(C)C1. The summed E-state index contributed by atoms with van der Waals surface area (Å²) in [7, 11) is 2.29. The van der Waals surface area contributed by atoms with Crippen molar-refractivity contribution in [1.82, 2.24) is 4.90 Å². The summed E-state index contributed by atoms with van der Waals surface area (Å²) in [4.78, 5) is 2.57. The molecule has 0 heterocycles. The molecule has 0 aromatic carbocycles. The van der Waals surface area contributed by atoms with Crippen LogP contribution in [-0.4, -0.2) is 30.6 Å². The Balaban J connectivity index is 2.82. The van der Waals surface area contributed by atoms with E-state index in [1.165, 1.54) is 45.1 Å². The Bertz CT molecular complexity index is 265. The molecule has 1 rings (SSSR count). The Kier molecular flexibility index (Phi) is 5.48. The van der Waals surface area contributed by atoms with Gasteiger partial charge in [0, 0.05) is 12.1 Å². The quantitative estimate of drug-likeness (QED) is 0.737. The van der Waals surface area contributed by atoms with Gasteiger partial charge in [0.15, 0.2) is 0 Å². The van der Waals surface area contributed by atoms with Gasteiger partial charge in [-0.1, -0.05) is 47.5 Å². The first kappa shape index (κ1) is 17.0. The second-order valence-corrected chi connectivity index (χ2v) is 8.42. The van der Waals surface area contributed by atoms with Gasteiger partial charge in [0.2, 0.25) is 0 Å². The number of nitrogens with two attached hydrogens (primary N) is 1. The van der Waals surface area contributed by atoms with Gasteiger partial charge in [-0.3, -0.25) is 4.90 Å². The van der Waals surface area contributed by atoms with Gasteiger partial charge in [-0.25, -0.2) is 0 Å². The number of rotatable bonds is 6. The minimum Gasteiger partial charge on any atom is -0.329 e. The van der Waals surface area contributed by atoms with Crippen molar-refractivity contribution in [1.29, 1.82) is 0 Å². The van der Waals surface area contributed by atoms with E-state index in [1.54, 1.807) is 0 Å². The number of hydrogen-bond donors (Lipinski definition) is 1. The van der Waals surface area contributed by atoms with E-state index in [2.05, 4.69) is 46.6 Å². The molecule has 0 amide bonds. The van der Waals surface area contributed by atoms with E-state index in [4.69, 9.17) is 5.73 Å². The van der Waals surface area contributed by atoms with Crippen LogP contribution in [-0.2, 0) is 0 Å². The van der Waals surface area contributed by atoms with Crippen molar-refractivity contribution in [2.75, 3.05) is 20.1 Å². The Morgan fingerprint density at radius 1 is 0.947 bits per heavy atom. The second-order valence-electron chi connectivity index (χ2n) is 8.42. The van der Waals surface area contributed by atoms with Gasteiger partial charge in [0.1, 0.15) is 0 Å². The maximum atomic E-state index is 6.24. The minimum absolute atomic E-state index is 0.207. The fourth-order valence-corrected chi connectivity index (χ4v) is 4.67. The predicted molar refractivity (Wildman–Crippen MR) is 85.4 cm³/mol. The molecular weight excluding hydrogens is 232 g/mol. The molecule has 0 unspecified atom stereocenters. The molecule has 0 spiro atoms. The molecular formula is C17H36N2. The summed E-state index contributed by atoms with van der Waals surface area (Å²) in [6, 6.07) is 0. The van der Waals surface area contributed by atoms with Gasteiger partial charge in [-0.15, -0.1) is 0 Å². The molecule has 0 bridgehead atoms. The van der Waals surface area contributed by atoms with Crippen LogP contribution in [0.15, 0.2) is 0 Å². The summed E-state index contributed by atoms with van der Waals surface area (Å²) in [5.74, 6) is 0. The topological polar surface area (TPSA) is 29.3 Å². The fraction of sp³-hybridized carbons (Fsp3) is 1.00. The summed E-state index contributed by atoms with van der Waals surface area (Å²) < 4.78 is 0. The van der Waals surface area contributed by atoms with Crippen LogP contribution in [0.4, 0.5) is 0 Å².